The molecule has 1 aliphatic heterocycles. The normalized spacial score (nSPS) is 20.8. The lowest BCUT2D eigenvalue weighted by Gasteiger charge is -2.41. The zero-order chi connectivity index (χ0) is 22.7. The predicted octanol–water partition coefficient (Wildman–Crippen LogP) is 3.88. The molecule has 1 aliphatic rings. The van der Waals surface area contributed by atoms with Gasteiger partial charge >= 0.3 is 5.97 Å². The Kier molecular flexibility index (Phi) is 6.34. The largest absolute Gasteiger partial charge is 0.468 e. The summed E-state index contributed by atoms with van der Waals surface area (Å²) in [5.41, 5.74) is -0.258. The number of hydrogen-bond donors (Lipinski definition) is 0. The number of methoxy groups -OCH3 is 1. The lowest BCUT2D eigenvalue weighted by atomic mass is 9.72. The molecule has 4 rings (SSSR count). The van der Waals surface area contributed by atoms with Crippen LogP contribution in [0, 0.1) is 18.6 Å². The maximum atomic E-state index is 14.8. The van der Waals surface area contributed by atoms with Crippen LogP contribution in [0.1, 0.15) is 23.4 Å². The fraction of sp³-hybridized carbons (Fsp3) is 0.333. The number of ether oxygens (including phenoxy) is 3. The van der Waals surface area contributed by atoms with Gasteiger partial charge in [-0.15, -0.1) is 0 Å². The van der Waals surface area contributed by atoms with Crippen molar-refractivity contribution in [2.75, 3.05) is 20.3 Å². The molecule has 168 valence electrons. The molecule has 0 radical (unpaired) electrons. The third-order valence-corrected chi connectivity index (χ3v) is 5.94. The van der Waals surface area contributed by atoms with E-state index in [2.05, 4.69) is 4.98 Å². The molecule has 6 nitrogen and oxygen atoms in total. The van der Waals surface area contributed by atoms with Crippen LogP contribution in [0.15, 0.2) is 54.9 Å². The van der Waals surface area contributed by atoms with Gasteiger partial charge < -0.3 is 18.8 Å². The Balaban J connectivity index is 1.62. The van der Waals surface area contributed by atoms with Crippen LogP contribution in [0.5, 0.6) is 0 Å². The van der Waals surface area contributed by atoms with E-state index in [1.165, 1.54) is 17.9 Å². The summed E-state index contributed by atoms with van der Waals surface area (Å²) in [4.78, 5) is 17.0. The number of hydrogen-bond acceptors (Lipinski definition) is 5. The minimum atomic E-state index is -1.10. The molecule has 2 atom stereocenters. The highest BCUT2D eigenvalue weighted by Gasteiger charge is 2.51. The molecule has 0 saturated carbocycles. The van der Waals surface area contributed by atoms with Gasteiger partial charge in [-0.3, -0.25) is 4.79 Å². The van der Waals surface area contributed by atoms with E-state index in [1.807, 2.05) is 30.3 Å². The first-order valence-corrected chi connectivity index (χ1v) is 10.3. The first-order valence-electron chi connectivity index (χ1n) is 10.3. The maximum absolute atomic E-state index is 14.8. The second kappa shape index (κ2) is 9.18. The van der Waals surface area contributed by atoms with Crippen molar-refractivity contribution in [3.63, 3.8) is 0 Å². The Hall–Kier alpha value is -3.10. The Morgan fingerprint density at radius 1 is 1.25 bits per heavy atom. The fourth-order valence-electron chi connectivity index (χ4n) is 4.21. The zero-order valence-electron chi connectivity index (χ0n) is 17.9. The highest BCUT2D eigenvalue weighted by molar-refractivity contribution is 5.84. The summed E-state index contributed by atoms with van der Waals surface area (Å²) in [7, 11) is 1.32. The third kappa shape index (κ3) is 3.91. The average molecular weight is 442 g/mol. The lowest BCUT2D eigenvalue weighted by Crippen LogP contribution is -2.54. The van der Waals surface area contributed by atoms with E-state index >= 15 is 0 Å². The fourth-order valence-corrected chi connectivity index (χ4v) is 4.21. The second-order valence-corrected chi connectivity index (χ2v) is 7.69. The van der Waals surface area contributed by atoms with Crippen LogP contribution in [0.25, 0.3) is 5.69 Å². The Labute approximate surface area is 184 Å². The summed E-state index contributed by atoms with van der Waals surface area (Å²) in [6.45, 7) is 1.95. The molecule has 0 amide bonds. The van der Waals surface area contributed by atoms with Crippen molar-refractivity contribution in [3.05, 3.63) is 83.4 Å². The molecule has 1 saturated heterocycles. The summed E-state index contributed by atoms with van der Waals surface area (Å²) in [5, 5.41) is 0. The molecule has 2 heterocycles. The number of aryl methyl sites for hydroxylation is 1. The van der Waals surface area contributed by atoms with Crippen molar-refractivity contribution in [1.82, 2.24) is 9.55 Å². The number of halogens is 2. The second-order valence-electron chi connectivity index (χ2n) is 7.69. The zero-order valence-corrected chi connectivity index (χ0v) is 17.9. The maximum Gasteiger partial charge on any atom is 0.319 e. The van der Waals surface area contributed by atoms with E-state index in [0.29, 0.717) is 18.9 Å². The SMILES string of the molecule is COC(=O)C1(c2ccccc2)CCOCC1OCc1cc(F)c(-n2ccnc2C)cc1F. The van der Waals surface area contributed by atoms with Crippen LogP contribution in [0.4, 0.5) is 8.78 Å². The number of rotatable bonds is 6. The topological polar surface area (TPSA) is 62.6 Å². The highest BCUT2D eigenvalue weighted by atomic mass is 19.1. The molecule has 2 aromatic carbocycles. The van der Waals surface area contributed by atoms with Crippen molar-refractivity contribution in [3.8, 4) is 5.69 Å². The number of benzene rings is 2. The summed E-state index contributed by atoms with van der Waals surface area (Å²) in [6, 6.07) is 11.4. The van der Waals surface area contributed by atoms with E-state index < -0.39 is 29.1 Å². The van der Waals surface area contributed by atoms with E-state index in [1.54, 1.807) is 13.1 Å². The molecule has 32 heavy (non-hydrogen) atoms. The standard InChI is InChI=1S/C24H24F2N2O4/c1-16-27-9-10-28(16)21-13-19(25)17(12-20(21)26)14-32-22-15-31-11-8-24(22,23(29)30-2)18-6-4-3-5-7-18/h3-7,9-10,12-13,22H,8,11,14-15H2,1-2H3. The van der Waals surface area contributed by atoms with Crippen LogP contribution in [0.3, 0.4) is 0 Å². The first kappa shape index (κ1) is 22.1. The van der Waals surface area contributed by atoms with Gasteiger partial charge in [-0.1, -0.05) is 30.3 Å². The monoisotopic (exact) mass is 442 g/mol. The van der Waals surface area contributed by atoms with Crippen molar-refractivity contribution < 1.29 is 27.8 Å². The van der Waals surface area contributed by atoms with Gasteiger partial charge in [0.15, 0.2) is 0 Å². The van der Waals surface area contributed by atoms with Crippen molar-refractivity contribution in [1.29, 1.82) is 0 Å². The molecule has 0 spiro atoms. The molecule has 2 unspecified atom stereocenters. The molecule has 0 aliphatic carbocycles. The van der Waals surface area contributed by atoms with Crippen molar-refractivity contribution in [2.24, 2.45) is 0 Å². The van der Waals surface area contributed by atoms with Crippen molar-refractivity contribution in [2.45, 2.75) is 31.5 Å². The Bertz CT molecular complexity index is 1100. The number of esters is 1. The van der Waals surface area contributed by atoms with Gasteiger partial charge in [-0.05, 0) is 25.0 Å². The Morgan fingerprint density at radius 2 is 2.03 bits per heavy atom. The minimum Gasteiger partial charge on any atom is -0.468 e. The summed E-state index contributed by atoms with van der Waals surface area (Å²) in [5.74, 6) is -1.13. The number of nitrogens with zero attached hydrogens (tertiary/aromatic N) is 2. The summed E-state index contributed by atoms with van der Waals surface area (Å²) in [6.07, 6.45) is 2.70. The molecule has 1 fully saturated rings. The lowest BCUT2D eigenvalue weighted by molar-refractivity contribution is -0.168. The molecule has 0 bridgehead atoms. The van der Waals surface area contributed by atoms with Crippen LogP contribution in [-0.4, -0.2) is 41.9 Å². The highest BCUT2D eigenvalue weighted by Crippen LogP contribution is 2.38. The first-order chi connectivity index (χ1) is 15.5. The molecular formula is C24H24F2N2O4. The van der Waals surface area contributed by atoms with Gasteiger partial charge in [0.1, 0.15) is 29.0 Å². The molecular weight excluding hydrogens is 418 g/mol. The van der Waals surface area contributed by atoms with Gasteiger partial charge in [0, 0.05) is 30.6 Å². The molecule has 1 aromatic heterocycles. The van der Waals surface area contributed by atoms with E-state index in [0.717, 1.165) is 17.7 Å². The van der Waals surface area contributed by atoms with Crippen LogP contribution in [0.2, 0.25) is 0 Å². The molecule has 0 N–H and O–H groups in total. The third-order valence-electron chi connectivity index (χ3n) is 5.94. The molecule has 3 aromatic rings. The van der Waals surface area contributed by atoms with Crippen LogP contribution >= 0.6 is 0 Å². The van der Waals surface area contributed by atoms with Crippen LogP contribution < -0.4 is 0 Å². The smallest absolute Gasteiger partial charge is 0.319 e. The predicted molar refractivity (Wildman–Crippen MR) is 112 cm³/mol. The summed E-state index contributed by atoms with van der Waals surface area (Å²) >= 11 is 0. The summed E-state index contributed by atoms with van der Waals surface area (Å²) < 4.78 is 47.8. The van der Waals surface area contributed by atoms with E-state index in [-0.39, 0.29) is 24.5 Å². The van der Waals surface area contributed by atoms with Crippen molar-refractivity contribution >= 4 is 5.97 Å². The van der Waals surface area contributed by atoms with Gasteiger partial charge in [0.05, 0.1) is 26.0 Å². The van der Waals surface area contributed by atoms with Gasteiger partial charge in [-0.2, -0.15) is 0 Å². The number of imidazole rings is 1. The van der Waals surface area contributed by atoms with E-state index in [9.17, 15) is 13.6 Å². The number of aromatic nitrogens is 2. The van der Waals surface area contributed by atoms with Crippen LogP contribution in [-0.2, 0) is 31.0 Å². The number of carbonyl (C=O) groups is 1. The van der Waals surface area contributed by atoms with Gasteiger partial charge in [0.2, 0.25) is 0 Å². The number of carbonyl (C=O) groups excluding carboxylic acids is 1. The Morgan fingerprint density at radius 3 is 2.72 bits per heavy atom. The van der Waals surface area contributed by atoms with Gasteiger partial charge in [0.25, 0.3) is 0 Å². The molecule has 8 heteroatoms. The van der Waals surface area contributed by atoms with E-state index in [4.69, 9.17) is 14.2 Å². The minimum absolute atomic E-state index is 0.0430. The quantitative estimate of drug-likeness (QED) is 0.543. The van der Waals surface area contributed by atoms with Gasteiger partial charge in [-0.25, -0.2) is 13.8 Å². The average Bonchev–Trinajstić information content (AvgIpc) is 3.25.